The predicted octanol–water partition coefficient (Wildman–Crippen LogP) is 11.5. The number of aliphatic carboxylic acids is 1. The number of likely N-dealkylation sites (N-methyl/N-ethyl adjacent to an activating group) is 1. The van der Waals surface area contributed by atoms with Gasteiger partial charge in [-0.3, -0.25) is 9.59 Å². The van der Waals surface area contributed by atoms with E-state index in [2.05, 4.69) is 38.2 Å². The lowest BCUT2D eigenvalue weighted by molar-refractivity contribution is -0.870. The number of esters is 2. The molecule has 0 aliphatic rings. The summed E-state index contributed by atoms with van der Waals surface area (Å²) in [5.74, 6) is -2.29. The number of allylic oxidation sites excluding steroid dienone is 4. The van der Waals surface area contributed by atoms with Crippen LogP contribution in [0.25, 0.3) is 0 Å². The van der Waals surface area contributed by atoms with E-state index in [0.717, 1.165) is 64.2 Å². The van der Waals surface area contributed by atoms with Gasteiger partial charge >= 0.3 is 11.9 Å². The second kappa shape index (κ2) is 41.5. The smallest absolute Gasteiger partial charge is 0.306 e. The molecule has 0 spiro atoms. The lowest BCUT2D eigenvalue weighted by atomic mass is 10.0. The molecule has 2 unspecified atom stereocenters. The van der Waals surface area contributed by atoms with Crippen LogP contribution < -0.4 is 5.11 Å². The van der Waals surface area contributed by atoms with Crippen LogP contribution >= 0.6 is 0 Å². The SMILES string of the molecule is CCCC/C=C\C/C=C\CCCCCCCC(=O)OC(COC(=O)CCCCCCCCCCCCCCCCCCCCC)COC(OCC[N+](C)(C)C)C(=O)[O-]. The minimum Gasteiger partial charge on any atom is -0.545 e. The van der Waals surface area contributed by atoms with Crippen molar-refractivity contribution in [3.8, 4) is 0 Å². The van der Waals surface area contributed by atoms with Crippen molar-refractivity contribution in [2.75, 3.05) is 47.5 Å². The molecule has 340 valence electrons. The molecule has 0 radical (unpaired) electrons. The molecule has 0 aliphatic heterocycles. The van der Waals surface area contributed by atoms with Crippen molar-refractivity contribution in [3.05, 3.63) is 24.3 Å². The van der Waals surface area contributed by atoms with Gasteiger partial charge in [-0.25, -0.2) is 0 Å². The van der Waals surface area contributed by atoms with Crippen molar-refractivity contribution in [2.45, 2.75) is 225 Å². The van der Waals surface area contributed by atoms with E-state index in [1.807, 2.05) is 21.1 Å². The number of carboxylic acid groups (broad SMARTS) is 1. The topological polar surface area (TPSA) is 111 Å². The molecule has 9 heteroatoms. The highest BCUT2D eigenvalue weighted by Crippen LogP contribution is 2.16. The molecule has 0 aromatic rings. The first-order chi connectivity index (χ1) is 28.1. The number of ether oxygens (including phenoxy) is 4. The van der Waals surface area contributed by atoms with Gasteiger partial charge in [0.15, 0.2) is 12.4 Å². The first kappa shape index (κ1) is 55.8. The zero-order valence-corrected chi connectivity index (χ0v) is 38.4. The van der Waals surface area contributed by atoms with Crippen LogP contribution in [0.1, 0.15) is 213 Å². The van der Waals surface area contributed by atoms with Crippen LogP contribution in [-0.2, 0) is 33.3 Å². The summed E-state index contributed by atoms with van der Waals surface area (Å²) in [7, 11) is 5.91. The highest BCUT2D eigenvalue weighted by Gasteiger charge is 2.21. The normalized spacial score (nSPS) is 13.1. The third-order valence-corrected chi connectivity index (χ3v) is 10.5. The van der Waals surface area contributed by atoms with E-state index in [1.54, 1.807) is 0 Å². The summed E-state index contributed by atoms with van der Waals surface area (Å²) in [6, 6.07) is 0. The molecule has 0 saturated heterocycles. The zero-order valence-electron chi connectivity index (χ0n) is 38.4. The maximum absolute atomic E-state index is 12.7. The lowest BCUT2D eigenvalue weighted by Crippen LogP contribution is -2.44. The van der Waals surface area contributed by atoms with Crippen LogP contribution in [0, 0.1) is 0 Å². The van der Waals surface area contributed by atoms with Gasteiger partial charge in [-0.05, 0) is 38.5 Å². The summed E-state index contributed by atoms with van der Waals surface area (Å²) in [6.45, 7) is 4.70. The van der Waals surface area contributed by atoms with Gasteiger partial charge in [-0.15, -0.1) is 0 Å². The molecule has 0 bridgehead atoms. The molecule has 9 nitrogen and oxygen atoms in total. The lowest BCUT2D eigenvalue weighted by Gasteiger charge is -2.26. The summed E-state index contributed by atoms with van der Waals surface area (Å²) in [5.41, 5.74) is 0. The van der Waals surface area contributed by atoms with E-state index in [4.69, 9.17) is 18.9 Å². The number of carbonyl (C=O) groups excluding carboxylic acids is 3. The van der Waals surface area contributed by atoms with E-state index in [0.29, 0.717) is 23.9 Å². The van der Waals surface area contributed by atoms with Gasteiger partial charge in [0.05, 0.1) is 40.3 Å². The van der Waals surface area contributed by atoms with Gasteiger partial charge in [0.25, 0.3) is 0 Å². The standard InChI is InChI=1S/C49H91NO8/c1-6-8-10-12-14-16-18-20-22-23-24-25-26-28-29-31-33-35-37-39-46(51)56-43-45(44-57-49(48(53)54)55-42-41-50(3,4)5)58-47(52)40-38-36-34-32-30-27-21-19-17-15-13-11-9-7-2/h13,15,19,21,45,49H,6-12,14,16-18,20,22-44H2,1-5H3/b15-13-,21-19-. The maximum atomic E-state index is 12.7. The fourth-order valence-corrected chi connectivity index (χ4v) is 6.67. The third-order valence-electron chi connectivity index (χ3n) is 10.5. The third kappa shape index (κ3) is 41.9. The Hall–Kier alpha value is -2.23. The molecule has 0 fully saturated rings. The number of hydrogen-bond donors (Lipinski definition) is 0. The van der Waals surface area contributed by atoms with Crippen molar-refractivity contribution in [1.29, 1.82) is 0 Å². The van der Waals surface area contributed by atoms with E-state index in [1.165, 1.54) is 116 Å². The van der Waals surface area contributed by atoms with Gasteiger partial charge in [-0.1, -0.05) is 186 Å². The molecule has 2 atom stereocenters. The minimum atomic E-state index is -1.62. The maximum Gasteiger partial charge on any atom is 0.306 e. The molecule has 58 heavy (non-hydrogen) atoms. The Bertz CT molecular complexity index is 1010. The number of quaternary nitrogens is 1. The summed E-state index contributed by atoms with van der Waals surface area (Å²) in [4.78, 5) is 37.0. The average molecular weight is 822 g/mol. The van der Waals surface area contributed by atoms with Gasteiger partial charge in [0.1, 0.15) is 13.2 Å². The van der Waals surface area contributed by atoms with Crippen LogP contribution in [-0.4, -0.2) is 82.3 Å². The summed E-state index contributed by atoms with van der Waals surface area (Å²) in [5, 5.41) is 11.7. The summed E-state index contributed by atoms with van der Waals surface area (Å²) in [6.07, 6.45) is 42.1. The quantitative estimate of drug-likeness (QED) is 0.0196. The van der Waals surface area contributed by atoms with Crippen LogP contribution in [0.3, 0.4) is 0 Å². The molecule has 0 heterocycles. The molecular weight excluding hydrogens is 731 g/mol. The van der Waals surface area contributed by atoms with Crippen molar-refractivity contribution >= 4 is 17.9 Å². The molecule has 0 saturated carbocycles. The molecule has 0 aromatic heterocycles. The predicted molar refractivity (Wildman–Crippen MR) is 237 cm³/mol. The van der Waals surface area contributed by atoms with Crippen LogP contribution in [0.5, 0.6) is 0 Å². The van der Waals surface area contributed by atoms with Gasteiger partial charge in [0.2, 0.25) is 0 Å². The number of hydrogen-bond acceptors (Lipinski definition) is 8. The van der Waals surface area contributed by atoms with Crippen LogP contribution in [0.15, 0.2) is 24.3 Å². The number of nitrogens with zero attached hydrogens (tertiary/aromatic N) is 1. The highest BCUT2D eigenvalue weighted by atomic mass is 16.7. The Morgan fingerprint density at radius 3 is 1.41 bits per heavy atom. The number of rotatable bonds is 44. The number of carbonyl (C=O) groups is 3. The van der Waals surface area contributed by atoms with E-state index < -0.39 is 24.3 Å². The second-order valence-corrected chi connectivity index (χ2v) is 17.4. The highest BCUT2D eigenvalue weighted by molar-refractivity contribution is 5.70. The average Bonchev–Trinajstić information content (AvgIpc) is 3.18. The fraction of sp³-hybridized carbons (Fsp3) is 0.857. The van der Waals surface area contributed by atoms with E-state index in [9.17, 15) is 19.5 Å². The first-order valence-corrected chi connectivity index (χ1v) is 24.0. The first-order valence-electron chi connectivity index (χ1n) is 24.0. The van der Waals surface area contributed by atoms with Gasteiger partial charge in [0, 0.05) is 12.8 Å². The summed E-state index contributed by atoms with van der Waals surface area (Å²) < 4.78 is 22.6. The fourth-order valence-electron chi connectivity index (χ4n) is 6.67. The minimum absolute atomic E-state index is 0.147. The Morgan fingerprint density at radius 2 is 0.948 bits per heavy atom. The van der Waals surface area contributed by atoms with E-state index >= 15 is 0 Å². The zero-order chi connectivity index (χ0) is 42.8. The Morgan fingerprint density at radius 1 is 0.517 bits per heavy atom. The van der Waals surface area contributed by atoms with Crippen molar-refractivity contribution < 1.29 is 42.9 Å². The van der Waals surface area contributed by atoms with Gasteiger partial charge < -0.3 is 33.3 Å². The van der Waals surface area contributed by atoms with E-state index in [-0.39, 0.29) is 32.2 Å². The Labute approximate surface area is 357 Å². The van der Waals surface area contributed by atoms with Crippen LogP contribution in [0.2, 0.25) is 0 Å². The van der Waals surface area contributed by atoms with Crippen molar-refractivity contribution in [2.24, 2.45) is 0 Å². The Kier molecular flexibility index (Phi) is 39.9. The summed E-state index contributed by atoms with van der Waals surface area (Å²) >= 11 is 0. The van der Waals surface area contributed by atoms with Crippen molar-refractivity contribution in [1.82, 2.24) is 0 Å². The molecular formula is C49H91NO8. The Balaban J connectivity index is 4.35. The molecule has 0 aliphatic carbocycles. The number of carboxylic acids is 1. The second-order valence-electron chi connectivity index (χ2n) is 17.4. The van der Waals surface area contributed by atoms with Crippen molar-refractivity contribution in [3.63, 3.8) is 0 Å². The molecule has 0 N–H and O–H groups in total. The monoisotopic (exact) mass is 822 g/mol. The molecule has 0 rings (SSSR count). The largest absolute Gasteiger partial charge is 0.545 e. The molecule has 0 aromatic carbocycles. The molecule has 0 amide bonds. The number of unbranched alkanes of at least 4 members (excludes halogenated alkanes) is 25. The van der Waals surface area contributed by atoms with Crippen LogP contribution in [0.4, 0.5) is 0 Å². The van der Waals surface area contributed by atoms with Gasteiger partial charge in [-0.2, -0.15) is 0 Å².